The van der Waals surface area contributed by atoms with Gasteiger partial charge < -0.3 is 10.1 Å². The molecule has 0 aromatic heterocycles. The first-order valence-electron chi connectivity index (χ1n) is 6.44. The Morgan fingerprint density at radius 1 is 1.38 bits per heavy atom. The summed E-state index contributed by atoms with van der Waals surface area (Å²) >= 11 is 3.21. The molecule has 2 N–H and O–H groups in total. The minimum Gasteiger partial charge on any atom is -0.462 e. The number of sulfonamides is 1. The third-order valence-corrected chi connectivity index (χ3v) is 4.63. The quantitative estimate of drug-likeness (QED) is 0.702. The first-order chi connectivity index (χ1) is 9.80. The summed E-state index contributed by atoms with van der Waals surface area (Å²) in [5, 5.41) is 2.94. The number of hydrogen-bond donors (Lipinski definition) is 2. The number of hydrogen-bond acceptors (Lipinski definition) is 5. The Labute approximate surface area is 133 Å². The van der Waals surface area contributed by atoms with Crippen LogP contribution in [0.1, 0.15) is 24.2 Å². The zero-order valence-electron chi connectivity index (χ0n) is 12.1. The number of ether oxygens (including phenoxy) is 1. The summed E-state index contributed by atoms with van der Waals surface area (Å²) in [6.07, 6.45) is 0. The molecule has 0 bridgehead atoms. The summed E-state index contributed by atoms with van der Waals surface area (Å²) in [6, 6.07) is 4.26. The summed E-state index contributed by atoms with van der Waals surface area (Å²) < 4.78 is 32.3. The lowest BCUT2D eigenvalue weighted by Gasteiger charge is -2.13. The molecule has 0 aliphatic rings. The fourth-order valence-corrected chi connectivity index (χ4v) is 3.32. The number of nitrogens with one attached hydrogen (secondary N) is 2. The largest absolute Gasteiger partial charge is 0.462 e. The number of benzene rings is 1. The number of halogens is 1. The average molecular weight is 379 g/mol. The highest BCUT2D eigenvalue weighted by molar-refractivity contribution is 9.10. The van der Waals surface area contributed by atoms with E-state index in [4.69, 9.17) is 4.74 Å². The van der Waals surface area contributed by atoms with E-state index in [1.807, 2.05) is 6.92 Å². The fraction of sp³-hybridized carbons (Fsp3) is 0.462. The molecule has 0 saturated heterocycles. The minimum atomic E-state index is -3.69. The molecule has 0 aliphatic carbocycles. The van der Waals surface area contributed by atoms with E-state index in [2.05, 4.69) is 26.0 Å². The average Bonchev–Trinajstić information content (AvgIpc) is 2.44. The van der Waals surface area contributed by atoms with Crippen LogP contribution in [0, 0.1) is 0 Å². The van der Waals surface area contributed by atoms with Crippen molar-refractivity contribution in [3.63, 3.8) is 0 Å². The van der Waals surface area contributed by atoms with Gasteiger partial charge in [0.25, 0.3) is 0 Å². The zero-order valence-corrected chi connectivity index (χ0v) is 14.5. The molecule has 8 heteroatoms. The highest BCUT2D eigenvalue weighted by Crippen LogP contribution is 2.20. The molecule has 1 rings (SSSR count). The Hall–Kier alpha value is -0.960. The van der Waals surface area contributed by atoms with Gasteiger partial charge in [0.1, 0.15) is 0 Å². The third kappa shape index (κ3) is 5.39. The van der Waals surface area contributed by atoms with Crippen molar-refractivity contribution < 1.29 is 17.9 Å². The number of carbonyl (C=O) groups excluding carboxylic acids is 1. The third-order valence-electron chi connectivity index (χ3n) is 2.77. The first kappa shape index (κ1) is 18.1. The highest BCUT2D eigenvalue weighted by Gasteiger charge is 2.18. The molecule has 1 aromatic rings. The molecule has 0 amide bonds. The first-order valence-corrected chi connectivity index (χ1v) is 8.72. The molecular weight excluding hydrogens is 360 g/mol. The maximum absolute atomic E-state index is 12.2. The summed E-state index contributed by atoms with van der Waals surface area (Å²) in [5.41, 5.74) is 0.188. The Balaban J connectivity index is 3.04. The molecule has 1 unspecified atom stereocenters. The number of rotatable bonds is 7. The van der Waals surface area contributed by atoms with Crippen molar-refractivity contribution in [2.45, 2.75) is 24.8 Å². The lowest BCUT2D eigenvalue weighted by Crippen LogP contribution is -2.37. The van der Waals surface area contributed by atoms with Gasteiger partial charge in [-0.2, -0.15) is 0 Å². The van der Waals surface area contributed by atoms with Crippen LogP contribution in [0.3, 0.4) is 0 Å². The van der Waals surface area contributed by atoms with Crippen LogP contribution in [0.4, 0.5) is 0 Å². The Kier molecular flexibility index (Phi) is 6.79. The molecule has 1 aromatic carbocycles. The van der Waals surface area contributed by atoms with Crippen molar-refractivity contribution in [2.24, 2.45) is 0 Å². The second-order valence-corrected chi connectivity index (χ2v) is 7.12. The van der Waals surface area contributed by atoms with E-state index in [1.54, 1.807) is 14.0 Å². The maximum Gasteiger partial charge on any atom is 0.338 e. The molecule has 0 heterocycles. The van der Waals surface area contributed by atoms with E-state index in [-0.39, 0.29) is 29.7 Å². The minimum absolute atomic E-state index is 0.00328. The predicted molar refractivity (Wildman–Crippen MR) is 83.8 cm³/mol. The number of likely N-dealkylation sites (N-methyl/N-ethyl adjacent to an activating group) is 1. The van der Waals surface area contributed by atoms with Gasteiger partial charge in [0.05, 0.1) is 17.1 Å². The van der Waals surface area contributed by atoms with Crippen molar-refractivity contribution in [3.05, 3.63) is 28.2 Å². The van der Waals surface area contributed by atoms with Crippen molar-refractivity contribution in [2.75, 3.05) is 20.2 Å². The number of esters is 1. The molecule has 118 valence electrons. The van der Waals surface area contributed by atoms with Gasteiger partial charge >= 0.3 is 5.97 Å². The van der Waals surface area contributed by atoms with Gasteiger partial charge in [0.15, 0.2) is 0 Å². The summed E-state index contributed by atoms with van der Waals surface area (Å²) in [5.74, 6) is -0.557. The van der Waals surface area contributed by atoms with Crippen LogP contribution in [0.5, 0.6) is 0 Å². The molecule has 0 spiro atoms. The van der Waals surface area contributed by atoms with E-state index in [0.29, 0.717) is 4.47 Å². The molecule has 0 aliphatic heterocycles. The normalized spacial score (nSPS) is 13.0. The van der Waals surface area contributed by atoms with Crippen molar-refractivity contribution in [1.82, 2.24) is 10.0 Å². The smallest absolute Gasteiger partial charge is 0.338 e. The fourth-order valence-electron chi connectivity index (χ4n) is 1.47. The maximum atomic E-state index is 12.2. The van der Waals surface area contributed by atoms with Crippen LogP contribution >= 0.6 is 15.9 Å². The van der Waals surface area contributed by atoms with Crippen LogP contribution in [0.15, 0.2) is 27.6 Å². The molecular formula is C13H19BrN2O4S. The van der Waals surface area contributed by atoms with Crippen LogP contribution in [0.25, 0.3) is 0 Å². The lowest BCUT2D eigenvalue weighted by molar-refractivity contribution is 0.0526. The van der Waals surface area contributed by atoms with E-state index < -0.39 is 16.0 Å². The van der Waals surface area contributed by atoms with E-state index in [1.165, 1.54) is 18.2 Å². The Morgan fingerprint density at radius 3 is 2.62 bits per heavy atom. The van der Waals surface area contributed by atoms with Gasteiger partial charge in [-0.25, -0.2) is 17.9 Å². The molecule has 6 nitrogen and oxygen atoms in total. The summed E-state index contributed by atoms with van der Waals surface area (Å²) in [7, 11) is -1.94. The van der Waals surface area contributed by atoms with Crippen LogP contribution in [0.2, 0.25) is 0 Å². The van der Waals surface area contributed by atoms with E-state index in [9.17, 15) is 13.2 Å². The van der Waals surface area contributed by atoms with Crippen LogP contribution < -0.4 is 10.0 Å². The topological polar surface area (TPSA) is 84.5 Å². The second kappa shape index (κ2) is 7.88. The van der Waals surface area contributed by atoms with Gasteiger partial charge in [-0.3, -0.25) is 0 Å². The van der Waals surface area contributed by atoms with Crippen molar-refractivity contribution >= 4 is 31.9 Å². The van der Waals surface area contributed by atoms with Gasteiger partial charge in [-0.15, -0.1) is 0 Å². The molecule has 0 fully saturated rings. The predicted octanol–water partition coefficient (Wildman–Crippen LogP) is 1.51. The standard InChI is InChI=1S/C13H19BrN2O4S/c1-4-20-13(17)10-5-11(14)7-12(6-10)21(18,19)16-8-9(2)15-3/h5-7,9,15-16H,4,8H2,1-3H3. The Morgan fingerprint density at radius 2 is 2.05 bits per heavy atom. The molecule has 0 radical (unpaired) electrons. The second-order valence-electron chi connectivity index (χ2n) is 4.44. The number of carbonyl (C=O) groups is 1. The van der Waals surface area contributed by atoms with Gasteiger partial charge in [0.2, 0.25) is 10.0 Å². The molecule has 1 atom stereocenters. The van der Waals surface area contributed by atoms with Gasteiger partial charge in [-0.1, -0.05) is 15.9 Å². The Bertz CT molecular complexity index is 604. The lowest BCUT2D eigenvalue weighted by atomic mass is 10.2. The van der Waals surface area contributed by atoms with Crippen molar-refractivity contribution in [3.8, 4) is 0 Å². The zero-order chi connectivity index (χ0) is 16.0. The molecule has 21 heavy (non-hydrogen) atoms. The van der Waals surface area contributed by atoms with Crippen molar-refractivity contribution in [1.29, 1.82) is 0 Å². The summed E-state index contributed by atoms with van der Waals surface area (Å²) in [4.78, 5) is 11.7. The van der Waals surface area contributed by atoms with Gasteiger partial charge in [0, 0.05) is 17.1 Å². The molecule has 0 saturated carbocycles. The van der Waals surface area contributed by atoms with Crippen LogP contribution in [-0.2, 0) is 14.8 Å². The summed E-state index contributed by atoms with van der Waals surface area (Å²) in [6.45, 7) is 4.02. The van der Waals surface area contributed by atoms with E-state index in [0.717, 1.165) is 0 Å². The SMILES string of the molecule is CCOC(=O)c1cc(Br)cc(S(=O)(=O)NCC(C)NC)c1. The van der Waals surface area contributed by atoms with E-state index >= 15 is 0 Å². The van der Waals surface area contributed by atoms with Gasteiger partial charge in [-0.05, 0) is 39.1 Å². The van der Waals surface area contributed by atoms with Crippen LogP contribution in [-0.4, -0.2) is 40.6 Å². The highest BCUT2D eigenvalue weighted by atomic mass is 79.9. The monoisotopic (exact) mass is 378 g/mol.